The molecule has 0 bridgehead atoms. The molecule has 1 aromatic carbocycles. The van der Waals surface area contributed by atoms with Crippen molar-refractivity contribution in [2.75, 3.05) is 0 Å². The van der Waals surface area contributed by atoms with Crippen LogP contribution in [0.15, 0.2) is 34.7 Å². The highest BCUT2D eigenvalue weighted by Gasteiger charge is 2.25. The third kappa shape index (κ3) is 3.98. The predicted molar refractivity (Wildman–Crippen MR) is 111 cm³/mol. The van der Waals surface area contributed by atoms with Gasteiger partial charge in [-0.25, -0.2) is 0 Å². The molecule has 1 aliphatic carbocycles. The normalized spacial score (nSPS) is 13.6. The molecule has 1 aliphatic rings. The van der Waals surface area contributed by atoms with Gasteiger partial charge in [-0.2, -0.15) is 0 Å². The third-order valence-corrected chi connectivity index (χ3v) is 6.43. The quantitative estimate of drug-likeness (QED) is 0.561. The number of benzene rings is 1. The standard InChI is InChI=1S/C21H22ClN3O2S/c1-13(2)25(21(26)18-11-15-5-3-4-6-17(15)28-18)12-19-23-24-20(27-19)14-7-9-16(22)10-8-14/h7-11,13H,3-6,12H2,1-2H3. The molecule has 0 spiro atoms. The Hall–Kier alpha value is -2.18. The third-order valence-electron chi connectivity index (χ3n) is 4.96. The number of hydrogen-bond donors (Lipinski definition) is 0. The van der Waals surface area contributed by atoms with Gasteiger partial charge in [-0.15, -0.1) is 21.5 Å². The van der Waals surface area contributed by atoms with Gasteiger partial charge in [0.2, 0.25) is 11.8 Å². The van der Waals surface area contributed by atoms with Crippen LogP contribution in [0, 0.1) is 0 Å². The first-order chi connectivity index (χ1) is 13.5. The van der Waals surface area contributed by atoms with Gasteiger partial charge in [-0.05, 0) is 75.4 Å². The van der Waals surface area contributed by atoms with Gasteiger partial charge in [-0.1, -0.05) is 11.6 Å². The smallest absolute Gasteiger partial charge is 0.264 e. The number of halogens is 1. The van der Waals surface area contributed by atoms with Crippen LogP contribution in [-0.4, -0.2) is 27.0 Å². The number of amides is 1. The summed E-state index contributed by atoms with van der Waals surface area (Å²) in [4.78, 5) is 17.1. The van der Waals surface area contributed by atoms with Gasteiger partial charge in [0.1, 0.15) is 0 Å². The zero-order valence-corrected chi connectivity index (χ0v) is 17.5. The molecule has 0 fully saturated rings. The first kappa shape index (κ1) is 19.2. The Balaban J connectivity index is 1.53. The monoisotopic (exact) mass is 415 g/mol. The highest BCUT2D eigenvalue weighted by Crippen LogP contribution is 2.31. The Kier molecular flexibility index (Phi) is 5.51. The van der Waals surface area contributed by atoms with Crippen LogP contribution < -0.4 is 0 Å². The van der Waals surface area contributed by atoms with Crippen molar-refractivity contribution in [3.63, 3.8) is 0 Å². The topological polar surface area (TPSA) is 59.2 Å². The fraction of sp³-hybridized carbons (Fsp3) is 0.381. The molecule has 0 N–H and O–H groups in total. The van der Waals surface area contributed by atoms with Gasteiger partial charge in [0.05, 0.1) is 11.4 Å². The Bertz CT molecular complexity index is 954. The summed E-state index contributed by atoms with van der Waals surface area (Å²) in [5.74, 6) is 0.878. The molecule has 5 nitrogen and oxygen atoms in total. The average Bonchev–Trinajstić information content (AvgIpc) is 3.33. The number of thiophene rings is 1. The van der Waals surface area contributed by atoms with Crippen molar-refractivity contribution in [3.8, 4) is 11.5 Å². The largest absolute Gasteiger partial charge is 0.419 e. The van der Waals surface area contributed by atoms with Crippen LogP contribution in [0.5, 0.6) is 0 Å². The fourth-order valence-corrected chi connectivity index (χ4v) is 4.73. The first-order valence-corrected chi connectivity index (χ1v) is 10.7. The maximum absolute atomic E-state index is 13.2. The van der Waals surface area contributed by atoms with E-state index in [2.05, 4.69) is 16.3 Å². The number of aryl methyl sites for hydroxylation is 2. The van der Waals surface area contributed by atoms with Crippen LogP contribution in [0.25, 0.3) is 11.5 Å². The molecule has 7 heteroatoms. The molecule has 0 atom stereocenters. The molecule has 2 heterocycles. The zero-order valence-electron chi connectivity index (χ0n) is 15.9. The minimum absolute atomic E-state index is 0.0255. The maximum Gasteiger partial charge on any atom is 0.264 e. The summed E-state index contributed by atoms with van der Waals surface area (Å²) in [5.41, 5.74) is 2.14. The summed E-state index contributed by atoms with van der Waals surface area (Å²) in [6, 6.07) is 9.33. The predicted octanol–water partition coefficient (Wildman–Crippen LogP) is 5.38. The number of carbonyl (C=O) groups is 1. The second kappa shape index (κ2) is 8.05. The summed E-state index contributed by atoms with van der Waals surface area (Å²) in [5, 5.41) is 8.91. The maximum atomic E-state index is 13.2. The van der Waals surface area contributed by atoms with Crippen molar-refractivity contribution < 1.29 is 9.21 Å². The van der Waals surface area contributed by atoms with Gasteiger partial charge in [0, 0.05) is 21.5 Å². The van der Waals surface area contributed by atoms with Crippen molar-refractivity contribution in [3.05, 3.63) is 56.6 Å². The average molecular weight is 416 g/mol. The van der Waals surface area contributed by atoms with E-state index in [-0.39, 0.29) is 11.9 Å². The molecule has 0 saturated heterocycles. The molecule has 1 amide bonds. The lowest BCUT2D eigenvalue weighted by Crippen LogP contribution is -2.36. The lowest BCUT2D eigenvalue weighted by molar-refractivity contribution is 0.0677. The van der Waals surface area contributed by atoms with Crippen molar-refractivity contribution in [2.24, 2.45) is 0 Å². The summed E-state index contributed by atoms with van der Waals surface area (Å²) >= 11 is 7.56. The van der Waals surface area contributed by atoms with Crippen molar-refractivity contribution >= 4 is 28.8 Å². The van der Waals surface area contributed by atoms with Crippen LogP contribution in [0.3, 0.4) is 0 Å². The molecule has 3 aromatic rings. The van der Waals surface area contributed by atoms with E-state index in [1.807, 2.05) is 26.0 Å². The van der Waals surface area contributed by atoms with Crippen LogP contribution in [-0.2, 0) is 19.4 Å². The number of fused-ring (bicyclic) bond motifs is 1. The molecule has 146 valence electrons. The molecule has 0 aliphatic heterocycles. The number of nitrogens with zero attached hydrogens (tertiary/aromatic N) is 3. The summed E-state index contributed by atoms with van der Waals surface area (Å²) < 4.78 is 5.80. The second-order valence-electron chi connectivity index (χ2n) is 7.30. The Morgan fingerprint density at radius 2 is 1.96 bits per heavy atom. The van der Waals surface area contributed by atoms with Gasteiger partial charge in [-0.3, -0.25) is 4.79 Å². The van der Waals surface area contributed by atoms with E-state index in [1.54, 1.807) is 28.4 Å². The van der Waals surface area contributed by atoms with Gasteiger partial charge in [0.25, 0.3) is 5.91 Å². The molecule has 0 radical (unpaired) electrons. The van der Waals surface area contributed by atoms with Crippen molar-refractivity contribution in [1.82, 2.24) is 15.1 Å². The number of rotatable bonds is 5. The summed E-state index contributed by atoms with van der Waals surface area (Å²) in [7, 11) is 0. The zero-order chi connectivity index (χ0) is 19.7. The molecule has 28 heavy (non-hydrogen) atoms. The molecule has 2 aromatic heterocycles. The molecule has 0 saturated carbocycles. The number of carbonyl (C=O) groups excluding carboxylic acids is 1. The summed E-state index contributed by atoms with van der Waals surface area (Å²) in [6.45, 7) is 4.30. The van der Waals surface area contributed by atoms with Gasteiger partial charge < -0.3 is 9.32 Å². The first-order valence-electron chi connectivity index (χ1n) is 9.52. The van der Waals surface area contributed by atoms with E-state index in [4.69, 9.17) is 16.0 Å². The molecule has 4 rings (SSSR count). The summed E-state index contributed by atoms with van der Waals surface area (Å²) in [6.07, 6.45) is 4.59. The minimum atomic E-state index is 0.0255. The fourth-order valence-electron chi connectivity index (χ4n) is 3.40. The minimum Gasteiger partial charge on any atom is -0.419 e. The van der Waals surface area contributed by atoms with E-state index < -0.39 is 0 Å². The van der Waals surface area contributed by atoms with Gasteiger partial charge in [0.15, 0.2) is 0 Å². The lowest BCUT2D eigenvalue weighted by atomic mass is 9.99. The van der Waals surface area contributed by atoms with E-state index in [0.29, 0.717) is 23.3 Å². The van der Waals surface area contributed by atoms with Gasteiger partial charge >= 0.3 is 0 Å². The highest BCUT2D eigenvalue weighted by molar-refractivity contribution is 7.14. The van der Waals surface area contributed by atoms with E-state index in [0.717, 1.165) is 23.3 Å². The Morgan fingerprint density at radius 1 is 1.21 bits per heavy atom. The Morgan fingerprint density at radius 3 is 2.68 bits per heavy atom. The van der Waals surface area contributed by atoms with Crippen LogP contribution in [0.1, 0.15) is 52.7 Å². The van der Waals surface area contributed by atoms with Crippen LogP contribution in [0.2, 0.25) is 5.02 Å². The van der Waals surface area contributed by atoms with Crippen LogP contribution in [0.4, 0.5) is 0 Å². The number of aromatic nitrogens is 2. The number of hydrogen-bond acceptors (Lipinski definition) is 5. The lowest BCUT2D eigenvalue weighted by Gasteiger charge is -2.24. The second-order valence-corrected chi connectivity index (χ2v) is 8.87. The molecular weight excluding hydrogens is 394 g/mol. The Labute approximate surface area is 173 Å². The van der Waals surface area contributed by atoms with E-state index >= 15 is 0 Å². The SMILES string of the molecule is CC(C)N(Cc1nnc(-c2ccc(Cl)cc2)o1)C(=O)c1cc2c(s1)CCCC2. The highest BCUT2D eigenvalue weighted by atomic mass is 35.5. The van der Waals surface area contributed by atoms with Crippen molar-refractivity contribution in [2.45, 2.75) is 52.1 Å². The van der Waals surface area contributed by atoms with Crippen molar-refractivity contribution in [1.29, 1.82) is 0 Å². The van der Waals surface area contributed by atoms with Crippen LogP contribution >= 0.6 is 22.9 Å². The van der Waals surface area contributed by atoms with E-state index in [9.17, 15) is 4.79 Å². The molecular formula is C21H22ClN3O2S. The van der Waals surface area contributed by atoms with E-state index in [1.165, 1.54) is 23.3 Å². The molecule has 0 unspecified atom stereocenters.